The lowest BCUT2D eigenvalue weighted by Gasteiger charge is -1.96. The molecule has 0 saturated heterocycles. The number of carbonyl (C=O) groups is 1. The molecule has 0 amide bonds. The lowest BCUT2D eigenvalue weighted by Crippen LogP contribution is -2.01. The minimum atomic E-state index is -0.273. The van der Waals surface area contributed by atoms with E-state index in [0.29, 0.717) is 10.8 Å². The van der Waals surface area contributed by atoms with E-state index in [9.17, 15) is 4.79 Å². The SMILES string of the molecule is COC(=O)c1sc(Br)nc1C1CC1. The minimum Gasteiger partial charge on any atom is -0.465 e. The third-order valence-corrected chi connectivity index (χ3v) is 3.46. The van der Waals surface area contributed by atoms with Crippen molar-refractivity contribution in [3.05, 3.63) is 14.5 Å². The molecule has 0 N–H and O–H groups in total. The van der Waals surface area contributed by atoms with Crippen molar-refractivity contribution < 1.29 is 9.53 Å². The third-order valence-electron chi connectivity index (χ3n) is 1.96. The smallest absolute Gasteiger partial charge is 0.350 e. The highest BCUT2D eigenvalue weighted by Gasteiger charge is 2.32. The molecule has 0 unspecified atom stereocenters. The van der Waals surface area contributed by atoms with Gasteiger partial charge >= 0.3 is 5.97 Å². The van der Waals surface area contributed by atoms with Crippen molar-refractivity contribution in [3.8, 4) is 0 Å². The molecule has 0 bridgehead atoms. The fraction of sp³-hybridized carbons (Fsp3) is 0.500. The first-order chi connectivity index (χ1) is 6.22. The number of nitrogens with zero attached hydrogens (tertiary/aromatic N) is 1. The highest BCUT2D eigenvalue weighted by molar-refractivity contribution is 9.11. The first-order valence-electron chi connectivity index (χ1n) is 3.97. The van der Waals surface area contributed by atoms with E-state index < -0.39 is 0 Å². The van der Waals surface area contributed by atoms with Gasteiger partial charge in [0, 0.05) is 5.92 Å². The molecule has 0 spiro atoms. The Labute approximate surface area is 88.3 Å². The molecule has 1 fully saturated rings. The molecule has 2 rings (SSSR count). The lowest BCUT2D eigenvalue weighted by molar-refractivity contribution is 0.0604. The average Bonchev–Trinajstić information content (AvgIpc) is 2.89. The maximum atomic E-state index is 11.3. The molecule has 1 aromatic rings. The molecule has 1 aliphatic carbocycles. The van der Waals surface area contributed by atoms with Crippen LogP contribution in [0.3, 0.4) is 0 Å². The summed E-state index contributed by atoms with van der Waals surface area (Å²) in [5.41, 5.74) is 0.906. The number of ether oxygens (including phenoxy) is 1. The van der Waals surface area contributed by atoms with Gasteiger partial charge in [-0.15, -0.1) is 0 Å². The van der Waals surface area contributed by atoms with E-state index in [4.69, 9.17) is 0 Å². The van der Waals surface area contributed by atoms with E-state index in [0.717, 1.165) is 22.5 Å². The van der Waals surface area contributed by atoms with Gasteiger partial charge in [-0.25, -0.2) is 9.78 Å². The number of methoxy groups -OCH3 is 1. The molecular weight excluding hydrogens is 254 g/mol. The van der Waals surface area contributed by atoms with Crippen LogP contribution in [0.15, 0.2) is 3.92 Å². The van der Waals surface area contributed by atoms with Crippen LogP contribution in [0.2, 0.25) is 0 Å². The highest BCUT2D eigenvalue weighted by Crippen LogP contribution is 2.43. The number of esters is 1. The Morgan fingerprint density at radius 1 is 1.69 bits per heavy atom. The van der Waals surface area contributed by atoms with Gasteiger partial charge in [-0.05, 0) is 28.8 Å². The third kappa shape index (κ3) is 1.76. The molecule has 0 atom stereocenters. The van der Waals surface area contributed by atoms with Crippen LogP contribution in [-0.2, 0) is 4.74 Å². The Hall–Kier alpha value is -0.420. The zero-order valence-corrected chi connectivity index (χ0v) is 9.44. The number of thiazole rings is 1. The van der Waals surface area contributed by atoms with Gasteiger partial charge in [0.1, 0.15) is 4.88 Å². The molecule has 1 heterocycles. The highest BCUT2D eigenvalue weighted by atomic mass is 79.9. The zero-order valence-electron chi connectivity index (χ0n) is 7.04. The normalized spacial score (nSPS) is 15.8. The molecule has 0 radical (unpaired) electrons. The van der Waals surface area contributed by atoms with Crippen molar-refractivity contribution >= 4 is 33.2 Å². The summed E-state index contributed by atoms with van der Waals surface area (Å²) >= 11 is 4.62. The van der Waals surface area contributed by atoms with E-state index in [1.54, 1.807) is 0 Å². The van der Waals surface area contributed by atoms with Crippen LogP contribution in [-0.4, -0.2) is 18.1 Å². The van der Waals surface area contributed by atoms with Crippen LogP contribution in [0, 0.1) is 0 Å². The van der Waals surface area contributed by atoms with Gasteiger partial charge in [-0.3, -0.25) is 0 Å². The first-order valence-corrected chi connectivity index (χ1v) is 5.58. The van der Waals surface area contributed by atoms with E-state index in [2.05, 4.69) is 25.7 Å². The number of aromatic nitrogens is 1. The van der Waals surface area contributed by atoms with Crippen molar-refractivity contribution in [2.24, 2.45) is 0 Å². The van der Waals surface area contributed by atoms with Crippen LogP contribution in [0.4, 0.5) is 0 Å². The maximum absolute atomic E-state index is 11.3. The lowest BCUT2D eigenvalue weighted by atomic mass is 10.2. The number of hydrogen-bond acceptors (Lipinski definition) is 4. The number of halogens is 1. The summed E-state index contributed by atoms with van der Waals surface area (Å²) in [4.78, 5) is 16.2. The molecule has 13 heavy (non-hydrogen) atoms. The average molecular weight is 262 g/mol. The van der Waals surface area contributed by atoms with Crippen LogP contribution in [0.5, 0.6) is 0 Å². The zero-order chi connectivity index (χ0) is 9.42. The Bertz CT molecular complexity index is 346. The largest absolute Gasteiger partial charge is 0.465 e. The van der Waals surface area contributed by atoms with E-state index in [1.807, 2.05) is 0 Å². The summed E-state index contributed by atoms with van der Waals surface area (Å²) in [6.45, 7) is 0. The summed E-state index contributed by atoms with van der Waals surface area (Å²) in [5.74, 6) is 0.210. The molecule has 3 nitrogen and oxygen atoms in total. The Morgan fingerprint density at radius 3 is 2.92 bits per heavy atom. The standard InChI is InChI=1S/C8H8BrNO2S/c1-12-7(11)6-5(4-2-3-4)10-8(9)13-6/h4H,2-3H2,1H3. The first kappa shape index (κ1) is 9.15. The molecular formula is C8H8BrNO2S. The van der Waals surface area contributed by atoms with Crippen molar-refractivity contribution in [1.82, 2.24) is 4.98 Å². The Kier molecular flexibility index (Phi) is 2.38. The van der Waals surface area contributed by atoms with E-state index in [-0.39, 0.29) is 5.97 Å². The van der Waals surface area contributed by atoms with Gasteiger partial charge in [0.05, 0.1) is 12.8 Å². The summed E-state index contributed by atoms with van der Waals surface area (Å²) in [6.07, 6.45) is 2.28. The van der Waals surface area contributed by atoms with Crippen molar-refractivity contribution in [3.63, 3.8) is 0 Å². The van der Waals surface area contributed by atoms with Gasteiger partial charge in [0.2, 0.25) is 0 Å². The molecule has 1 aliphatic rings. The van der Waals surface area contributed by atoms with Crippen LogP contribution >= 0.6 is 27.3 Å². The molecule has 1 aromatic heterocycles. The summed E-state index contributed by atoms with van der Waals surface area (Å²) in [6, 6.07) is 0. The second kappa shape index (κ2) is 3.38. The second-order valence-electron chi connectivity index (χ2n) is 2.95. The summed E-state index contributed by atoms with van der Waals surface area (Å²) in [5, 5.41) is 0. The van der Waals surface area contributed by atoms with Crippen molar-refractivity contribution in [2.75, 3.05) is 7.11 Å². The second-order valence-corrected chi connectivity index (χ2v) is 5.22. The molecule has 0 aliphatic heterocycles. The van der Waals surface area contributed by atoms with Crippen molar-refractivity contribution in [2.45, 2.75) is 18.8 Å². The van der Waals surface area contributed by atoms with E-state index >= 15 is 0 Å². The maximum Gasteiger partial charge on any atom is 0.350 e. The van der Waals surface area contributed by atoms with Crippen LogP contribution in [0.25, 0.3) is 0 Å². The molecule has 70 valence electrons. The fourth-order valence-electron chi connectivity index (χ4n) is 1.18. The van der Waals surface area contributed by atoms with Gasteiger partial charge in [0.25, 0.3) is 0 Å². The molecule has 5 heteroatoms. The molecule has 1 saturated carbocycles. The predicted octanol–water partition coefficient (Wildman–Crippen LogP) is 2.57. The summed E-state index contributed by atoms with van der Waals surface area (Å²) < 4.78 is 5.44. The monoisotopic (exact) mass is 261 g/mol. The van der Waals surface area contributed by atoms with Gasteiger partial charge in [0.15, 0.2) is 3.92 Å². The van der Waals surface area contributed by atoms with Crippen LogP contribution < -0.4 is 0 Å². The van der Waals surface area contributed by atoms with Crippen molar-refractivity contribution in [1.29, 1.82) is 0 Å². The topological polar surface area (TPSA) is 39.2 Å². The Morgan fingerprint density at radius 2 is 2.38 bits per heavy atom. The number of carbonyl (C=O) groups excluding carboxylic acids is 1. The molecule has 0 aromatic carbocycles. The number of hydrogen-bond donors (Lipinski definition) is 0. The quantitative estimate of drug-likeness (QED) is 0.769. The minimum absolute atomic E-state index is 0.273. The Balaban J connectivity index is 2.36. The van der Waals surface area contributed by atoms with Crippen LogP contribution in [0.1, 0.15) is 34.1 Å². The van der Waals surface area contributed by atoms with E-state index in [1.165, 1.54) is 18.4 Å². The number of rotatable bonds is 2. The fourth-order valence-corrected chi connectivity index (χ4v) is 2.65. The van der Waals surface area contributed by atoms with Gasteiger partial charge < -0.3 is 4.74 Å². The van der Waals surface area contributed by atoms with Gasteiger partial charge in [-0.1, -0.05) is 11.3 Å². The predicted molar refractivity (Wildman–Crippen MR) is 53.1 cm³/mol. The van der Waals surface area contributed by atoms with Gasteiger partial charge in [-0.2, -0.15) is 0 Å². The summed E-state index contributed by atoms with van der Waals surface area (Å²) in [7, 11) is 1.40.